The topological polar surface area (TPSA) is 116 Å². The number of aromatic nitrogens is 1. The van der Waals surface area contributed by atoms with Crippen LogP contribution in [0.2, 0.25) is 0 Å². The van der Waals surface area contributed by atoms with Crippen LogP contribution in [-0.4, -0.2) is 35.3 Å². The monoisotopic (exact) mass is 716 g/mol. The van der Waals surface area contributed by atoms with Crippen molar-refractivity contribution in [3.8, 4) is 11.5 Å². The number of allylic oxidation sites excluding steroid dienone is 1. The average Bonchev–Trinajstić information content (AvgIpc) is 3.60. The maximum Gasteiger partial charge on any atom is 0.338 e. The Bertz CT molecular complexity index is 1890. The molecule has 0 unspecified atom stereocenters. The third-order valence-corrected chi connectivity index (χ3v) is 9.15. The summed E-state index contributed by atoms with van der Waals surface area (Å²) < 4.78 is 19.7. The Labute approximate surface area is 262 Å². The summed E-state index contributed by atoms with van der Waals surface area (Å²) in [5, 5.41) is 11.2. The summed E-state index contributed by atoms with van der Waals surface area (Å²) >= 11 is 4.85. The summed E-state index contributed by atoms with van der Waals surface area (Å²) in [5.74, 6) is -0.527. The Morgan fingerprint density at radius 2 is 2.00 bits per heavy atom. The van der Waals surface area contributed by atoms with Gasteiger partial charge in [0.25, 0.3) is 5.56 Å². The SMILES string of the molecule is CCOC(=O)C1=C(C)N=c2s/c(=C\c3cc(I)c(OCc4cccc(C(=O)O)c4)c(OC)c3)c(=O)n2[C@H]1c1cccs1. The fourth-order valence-electron chi connectivity index (χ4n) is 4.57. The second-order valence-electron chi connectivity index (χ2n) is 9.15. The molecule has 216 valence electrons. The van der Waals surface area contributed by atoms with Gasteiger partial charge in [0.2, 0.25) is 0 Å². The standard InChI is InChI=1S/C30H25IN2O7S2/c1-4-39-29(37)24-16(2)32-30-33(25(24)22-9-6-10-41-22)27(34)23(42-30)14-18-12-20(31)26(21(13-18)38-3)40-15-17-7-5-8-19(11-17)28(35)36/h5-14,25H,4,15H2,1-3H3,(H,35,36)/b23-14-/t25-/m0/s1. The van der Waals surface area contributed by atoms with Gasteiger partial charge in [-0.2, -0.15) is 0 Å². The van der Waals surface area contributed by atoms with Crippen molar-refractivity contribution in [1.82, 2.24) is 4.57 Å². The first-order chi connectivity index (χ1) is 20.2. The molecule has 3 heterocycles. The highest BCUT2D eigenvalue weighted by Gasteiger charge is 2.33. The molecule has 0 fully saturated rings. The molecule has 0 spiro atoms. The second kappa shape index (κ2) is 12.6. The van der Waals surface area contributed by atoms with E-state index in [1.54, 1.807) is 48.8 Å². The maximum absolute atomic E-state index is 13.8. The molecule has 42 heavy (non-hydrogen) atoms. The number of carboxylic acids is 1. The van der Waals surface area contributed by atoms with Gasteiger partial charge in [-0.25, -0.2) is 14.6 Å². The molecule has 0 saturated heterocycles. The molecule has 9 nitrogen and oxygen atoms in total. The molecule has 2 aromatic heterocycles. The molecule has 1 aliphatic rings. The third-order valence-electron chi connectivity index (χ3n) is 6.44. The van der Waals surface area contributed by atoms with Crippen LogP contribution in [-0.2, 0) is 16.1 Å². The zero-order valence-electron chi connectivity index (χ0n) is 22.8. The molecule has 0 saturated carbocycles. The first-order valence-corrected chi connectivity index (χ1v) is 15.5. The Morgan fingerprint density at radius 3 is 2.69 bits per heavy atom. The quantitative estimate of drug-likeness (QED) is 0.197. The maximum atomic E-state index is 13.8. The smallest absolute Gasteiger partial charge is 0.338 e. The summed E-state index contributed by atoms with van der Waals surface area (Å²) in [6, 6.07) is 13.3. The van der Waals surface area contributed by atoms with Crippen molar-refractivity contribution in [3.05, 3.63) is 110 Å². The minimum absolute atomic E-state index is 0.149. The van der Waals surface area contributed by atoms with Gasteiger partial charge in [0.1, 0.15) is 12.6 Å². The highest BCUT2D eigenvalue weighted by molar-refractivity contribution is 14.1. The normalized spacial score (nSPS) is 14.8. The van der Waals surface area contributed by atoms with Gasteiger partial charge >= 0.3 is 11.9 Å². The number of rotatable bonds is 9. The van der Waals surface area contributed by atoms with Crippen LogP contribution in [0.5, 0.6) is 11.5 Å². The lowest BCUT2D eigenvalue weighted by molar-refractivity contribution is -0.139. The van der Waals surface area contributed by atoms with Gasteiger partial charge < -0.3 is 19.3 Å². The van der Waals surface area contributed by atoms with Gasteiger partial charge in [0.15, 0.2) is 16.3 Å². The number of hydrogen-bond donors (Lipinski definition) is 1. The van der Waals surface area contributed by atoms with Crippen LogP contribution >= 0.6 is 45.3 Å². The first-order valence-electron chi connectivity index (χ1n) is 12.8. The number of fused-ring (bicyclic) bond motifs is 1. The predicted octanol–water partition coefficient (Wildman–Crippen LogP) is 4.75. The van der Waals surface area contributed by atoms with Crippen LogP contribution in [0.1, 0.15) is 46.3 Å². The molecule has 1 aliphatic heterocycles. The van der Waals surface area contributed by atoms with Crippen LogP contribution in [0, 0.1) is 3.57 Å². The lowest BCUT2D eigenvalue weighted by Gasteiger charge is -2.23. The first kappa shape index (κ1) is 29.7. The Morgan fingerprint density at radius 1 is 1.19 bits per heavy atom. The zero-order valence-corrected chi connectivity index (χ0v) is 26.5. The largest absolute Gasteiger partial charge is 0.493 e. The summed E-state index contributed by atoms with van der Waals surface area (Å²) in [4.78, 5) is 44.0. The summed E-state index contributed by atoms with van der Waals surface area (Å²) in [7, 11) is 1.53. The number of ether oxygens (including phenoxy) is 3. The number of carboxylic acid groups (broad SMARTS) is 1. The van der Waals surface area contributed by atoms with Crippen molar-refractivity contribution in [3.63, 3.8) is 0 Å². The summed E-state index contributed by atoms with van der Waals surface area (Å²) in [6.45, 7) is 3.86. The van der Waals surface area contributed by atoms with E-state index in [2.05, 4.69) is 27.6 Å². The number of benzene rings is 2. The lowest BCUT2D eigenvalue weighted by Crippen LogP contribution is -2.39. The second-order valence-corrected chi connectivity index (χ2v) is 12.3. The number of thiazole rings is 1. The van der Waals surface area contributed by atoms with E-state index in [1.807, 2.05) is 23.6 Å². The van der Waals surface area contributed by atoms with Crippen LogP contribution in [0.4, 0.5) is 0 Å². The summed E-state index contributed by atoms with van der Waals surface area (Å²) in [5.41, 5.74) is 2.21. The van der Waals surface area contributed by atoms with E-state index in [0.29, 0.717) is 37.7 Å². The number of halogens is 1. The molecule has 2 aromatic carbocycles. The fraction of sp³-hybridized carbons (Fsp3) is 0.200. The molecule has 4 aromatic rings. The van der Waals surface area contributed by atoms with Crippen LogP contribution in [0.25, 0.3) is 6.08 Å². The molecular formula is C30H25IN2O7S2. The fourth-order valence-corrected chi connectivity index (χ4v) is 7.22. The number of nitrogens with zero attached hydrogens (tertiary/aromatic N) is 2. The van der Waals surface area contributed by atoms with Gasteiger partial charge in [0.05, 0.1) is 38.7 Å². The van der Waals surface area contributed by atoms with Gasteiger partial charge in [0, 0.05) is 4.88 Å². The van der Waals surface area contributed by atoms with Crippen LogP contribution < -0.4 is 24.4 Å². The number of aromatic carboxylic acids is 1. The van der Waals surface area contributed by atoms with Crippen molar-refractivity contribution in [1.29, 1.82) is 0 Å². The molecule has 12 heteroatoms. The summed E-state index contributed by atoms with van der Waals surface area (Å²) in [6.07, 6.45) is 1.77. The number of esters is 1. The van der Waals surface area contributed by atoms with Gasteiger partial charge in [-0.05, 0) is 89.4 Å². The number of methoxy groups -OCH3 is 1. The van der Waals surface area contributed by atoms with Crippen molar-refractivity contribution < 1.29 is 28.9 Å². The molecular weight excluding hydrogens is 691 g/mol. The van der Waals surface area contributed by atoms with Crippen molar-refractivity contribution in [2.24, 2.45) is 4.99 Å². The van der Waals surface area contributed by atoms with Crippen molar-refractivity contribution >= 4 is 63.3 Å². The average molecular weight is 717 g/mol. The van der Waals surface area contributed by atoms with Gasteiger partial charge in [-0.1, -0.05) is 29.5 Å². The van der Waals surface area contributed by atoms with Crippen LogP contribution in [0.15, 0.2) is 75.0 Å². The molecule has 1 atom stereocenters. The van der Waals surface area contributed by atoms with Crippen molar-refractivity contribution in [2.45, 2.75) is 26.5 Å². The molecule has 0 amide bonds. The molecule has 0 aliphatic carbocycles. The molecule has 5 rings (SSSR count). The predicted molar refractivity (Wildman–Crippen MR) is 168 cm³/mol. The minimum atomic E-state index is -1.01. The van der Waals surface area contributed by atoms with Crippen LogP contribution in [0.3, 0.4) is 0 Å². The Balaban J connectivity index is 1.52. The molecule has 1 N–H and O–H groups in total. The minimum Gasteiger partial charge on any atom is -0.493 e. The van der Waals surface area contributed by atoms with Gasteiger partial charge in [-0.15, -0.1) is 11.3 Å². The highest BCUT2D eigenvalue weighted by atomic mass is 127. The van der Waals surface area contributed by atoms with E-state index in [4.69, 9.17) is 14.2 Å². The molecule has 0 radical (unpaired) electrons. The number of carbonyl (C=O) groups excluding carboxylic acids is 1. The van der Waals surface area contributed by atoms with E-state index >= 15 is 0 Å². The van der Waals surface area contributed by atoms with E-state index in [0.717, 1.165) is 14.0 Å². The Hall–Kier alpha value is -3.75. The zero-order chi connectivity index (χ0) is 30.0. The van der Waals surface area contributed by atoms with Gasteiger partial charge in [-0.3, -0.25) is 9.36 Å². The lowest BCUT2D eigenvalue weighted by atomic mass is 10.0. The van der Waals surface area contributed by atoms with E-state index in [9.17, 15) is 19.5 Å². The Kier molecular flexibility index (Phi) is 8.94. The number of hydrogen-bond acceptors (Lipinski definition) is 9. The number of carbonyl (C=O) groups is 2. The number of thiophene rings is 1. The molecule has 0 bridgehead atoms. The highest BCUT2D eigenvalue weighted by Crippen LogP contribution is 2.35. The van der Waals surface area contributed by atoms with E-state index in [-0.39, 0.29) is 24.3 Å². The van der Waals surface area contributed by atoms with Crippen molar-refractivity contribution in [2.75, 3.05) is 13.7 Å². The van der Waals surface area contributed by atoms with E-state index < -0.39 is 18.0 Å². The van der Waals surface area contributed by atoms with E-state index in [1.165, 1.54) is 35.8 Å². The third kappa shape index (κ3) is 5.92.